The normalized spacial score (nSPS) is 14.4. The molecule has 0 aromatic heterocycles. The Morgan fingerprint density at radius 1 is 0.950 bits per heavy atom. The van der Waals surface area contributed by atoms with Gasteiger partial charge in [0.1, 0.15) is 17.6 Å². The van der Waals surface area contributed by atoms with Crippen molar-refractivity contribution >= 4 is 5.97 Å². The number of carbonyl (C=O) groups is 1. The molecule has 2 aromatic carbocycles. The zero-order chi connectivity index (χ0) is 13.8. The number of carbonyl (C=O) groups excluding carboxylic acids is 1. The molecule has 0 spiro atoms. The van der Waals surface area contributed by atoms with Crippen LogP contribution in [0.15, 0.2) is 54.6 Å². The van der Waals surface area contributed by atoms with Crippen LogP contribution in [0, 0.1) is 0 Å². The highest BCUT2D eigenvalue weighted by Crippen LogP contribution is 2.17. The number of hydrogen-bond acceptors (Lipinski definition) is 4. The maximum absolute atomic E-state index is 11.9. The van der Waals surface area contributed by atoms with Crippen LogP contribution in [0.4, 0.5) is 0 Å². The van der Waals surface area contributed by atoms with E-state index in [9.17, 15) is 4.79 Å². The summed E-state index contributed by atoms with van der Waals surface area (Å²) in [6.07, 6.45) is 0.233. The second-order valence-electron chi connectivity index (χ2n) is 4.63. The van der Waals surface area contributed by atoms with Crippen molar-refractivity contribution in [3.05, 3.63) is 60.2 Å². The lowest BCUT2D eigenvalue weighted by atomic mass is 10.2. The van der Waals surface area contributed by atoms with Crippen molar-refractivity contribution < 1.29 is 14.3 Å². The third-order valence-electron chi connectivity index (χ3n) is 3.09. The summed E-state index contributed by atoms with van der Waals surface area (Å²) in [6.45, 7) is 1.75. The predicted octanol–water partition coefficient (Wildman–Crippen LogP) is 2.26. The number of esters is 1. The number of para-hydroxylation sites is 1. The molecule has 4 heteroatoms. The fourth-order valence-electron chi connectivity index (χ4n) is 1.86. The van der Waals surface area contributed by atoms with E-state index < -0.39 is 0 Å². The number of rotatable bonds is 4. The van der Waals surface area contributed by atoms with Crippen molar-refractivity contribution in [1.29, 1.82) is 0 Å². The number of benzene rings is 2. The molecule has 1 N–H and O–H groups in total. The van der Waals surface area contributed by atoms with Gasteiger partial charge in [-0.2, -0.15) is 0 Å². The first-order valence-electron chi connectivity index (χ1n) is 6.56. The lowest BCUT2D eigenvalue weighted by Gasteiger charge is -2.27. The molecule has 0 atom stereocenters. The first kappa shape index (κ1) is 12.7. The summed E-state index contributed by atoms with van der Waals surface area (Å²) in [5.74, 6) is 0.944. The summed E-state index contributed by atoms with van der Waals surface area (Å²) in [5.41, 5.74) is 0.507. The van der Waals surface area contributed by atoms with Crippen LogP contribution >= 0.6 is 0 Å². The molecular formula is C16H15NO3. The van der Waals surface area contributed by atoms with Crippen LogP contribution in [0.3, 0.4) is 0 Å². The van der Waals surface area contributed by atoms with E-state index in [1.165, 1.54) is 0 Å². The molecule has 4 nitrogen and oxygen atoms in total. The first-order chi connectivity index (χ1) is 9.81. The Labute approximate surface area is 117 Å². The van der Waals surface area contributed by atoms with Gasteiger partial charge in [-0.05, 0) is 36.4 Å². The van der Waals surface area contributed by atoms with Gasteiger partial charge in [-0.1, -0.05) is 18.2 Å². The highest BCUT2D eigenvalue weighted by molar-refractivity contribution is 5.91. The van der Waals surface area contributed by atoms with Crippen molar-refractivity contribution in [2.45, 2.75) is 6.10 Å². The van der Waals surface area contributed by atoms with Crippen molar-refractivity contribution in [1.82, 2.24) is 5.32 Å². The fraction of sp³-hybridized carbons (Fsp3) is 0.188. The zero-order valence-electron chi connectivity index (χ0n) is 10.9. The Balaban J connectivity index is 1.63. The molecule has 0 amide bonds. The Bertz CT molecular complexity index is 576. The van der Waals surface area contributed by atoms with E-state index in [1.807, 2.05) is 18.2 Å². The van der Waals surface area contributed by atoms with Gasteiger partial charge in [0.05, 0.1) is 5.56 Å². The van der Waals surface area contributed by atoms with E-state index >= 15 is 0 Å². The van der Waals surface area contributed by atoms with Gasteiger partial charge >= 0.3 is 5.97 Å². The van der Waals surface area contributed by atoms with Gasteiger partial charge in [0, 0.05) is 13.1 Å². The summed E-state index contributed by atoms with van der Waals surface area (Å²) >= 11 is 0. The third-order valence-corrected chi connectivity index (χ3v) is 3.09. The highest BCUT2D eigenvalue weighted by atomic mass is 16.5. The molecule has 1 heterocycles. The number of ether oxygens (including phenoxy) is 2. The molecule has 2 aromatic rings. The summed E-state index contributed by atoms with van der Waals surface area (Å²) < 4.78 is 11.0. The van der Waals surface area contributed by atoms with E-state index in [2.05, 4.69) is 5.32 Å². The van der Waals surface area contributed by atoms with Crippen LogP contribution < -0.4 is 14.8 Å². The molecule has 1 saturated heterocycles. The lowest BCUT2D eigenvalue weighted by Crippen LogP contribution is -2.50. The largest absolute Gasteiger partial charge is 0.488 e. The van der Waals surface area contributed by atoms with Gasteiger partial charge in [0.15, 0.2) is 0 Å². The Morgan fingerprint density at radius 2 is 1.65 bits per heavy atom. The summed E-state index contributed by atoms with van der Waals surface area (Å²) in [4.78, 5) is 11.9. The molecule has 20 heavy (non-hydrogen) atoms. The third kappa shape index (κ3) is 2.97. The topological polar surface area (TPSA) is 47.6 Å². The minimum Gasteiger partial charge on any atom is -0.488 e. The Morgan fingerprint density at radius 3 is 2.25 bits per heavy atom. The van der Waals surface area contributed by atoms with Crippen LogP contribution in [0.5, 0.6) is 11.5 Å². The van der Waals surface area contributed by atoms with Gasteiger partial charge in [-0.3, -0.25) is 0 Å². The highest BCUT2D eigenvalue weighted by Gasteiger charge is 2.18. The predicted molar refractivity (Wildman–Crippen MR) is 75.1 cm³/mol. The molecule has 1 aliphatic heterocycles. The van der Waals surface area contributed by atoms with E-state index in [-0.39, 0.29) is 12.1 Å². The minimum atomic E-state index is -0.368. The maximum Gasteiger partial charge on any atom is 0.343 e. The Hall–Kier alpha value is -2.33. The van der Waals surface area contributed by atoms with Gasteiger partial charge in [0.25, 0.3) is 0 Å². The summed E-state index contributed by atoms with van der Waals surface area (Å²) in [5, 5.41) is 3.14. The average molecular weight is 269 g/mol. The van der Waals surface area contributed by atoms with Crippen LogP contribution in [0.25, 0.3) is 0 Å². The zero-order valence-corrected chi connectivity index (χ0v) is 10.9. The monoisotopic (exact) mass is 269 g/mol. The van der Waals surface area contributed by atoms with Crippen molar-refractivity contribution in [2.24, 2.45) is 0 Å². The van der Waals surface area contributed by atoms with Gasteiger partial charge in [-0.25, -0.2) is 4.79 Å². The van der Waals surface area contributed by atoms with E-state index in [0.717, 1.165) is 18.8 Å². The van der Waals surface area contributed by atoms with E-state index in [1.54, 1.807) is 36.4 Å². The second-order valence-corrected chi connectivity index (χ2v) is 4.63. The van der Waals surface area contributed by atoms with Crippen LogP contribution in [-0.2, 0) is 0 Å². The summed E-state index contributed by atoms with van der Waals surface area (Å²) in [7, 11) is 0. The van der Waals surface area contributed by atoms with Gasteiger partial charge in [-0.15, -0.1) is 0 Å². The fourth-order valence-corrected chi connectivity index (χ4v) is 1.86. The molecular weight excluding hydrogens is 254 g/mol. The lowest BCUT2D eigenvalue weighted by molar-refractivity contribution is 0.0734. The standard InChI is InChI=1S/C16H15NO3/c18-16(20-13-4-2-1-3-5-13)12-6-8-14(9-7-12)19-15-10-17-11-15/h1-9,15,17H,10-11H2. The molecule has 1 fully saturated rings. The number of nitrogens with one attached hydrogen (secondary N) is 1. The minimum absolute atomic E-state index is 0.233. The molecule has 0 unspecified atom stereocenters. The van der Waals surface area contributed by atoms with Crippen LogP contribution in [0.2, 0.25) is 0 Å². The summed E-state index contributed by atoms with van der Waals surface area (Å²) in [6, 6.07) is 16.0. The molecule has 0 saturated carbocycles. The SMILES string of the molecule is O=C(Oc1ccccc1)c1ccc(OC2CNC2)cc1. The molecule has 0 radical (unpaired) electrons. The van der Waals surface area contributed by atoms with Crippen molar-refractivity contribution in [2.75, 3.05) is 13.1 Å². The van der Waals surface area contributed by atoms with Gasteiger partial charge < -0.3 is 14.8 Å². The Kier molecular flexibility index (Phi) is 3.65. The molecule has 3 rings (SSSR count). The molecule has 0 aliphatic carbocycles. The first-order valence-corrected chi connectivity index (χ1v) is 6.56. The molecule has 102 valence electrons. The maximum atomic E-state index is 11.9. The van der Waals surface area contributed by atoms with E-state index in [0.29, 0.717) is 11.3 Å². The van der Waals surface area contributed by atoms with Crippen LogP contribution in [-0.4, -0.2) is 25.2 Å². The van der Waals surface area contributed by atoms with Crippen molar-refractivity contribution in [3.8, 4) is 11.5 Å². The average Bonchev–Trinajstić information content (AvgIpc) is 2.44. The van der Waals surface area contributed by atoms with Gasteiger partial charge in [0.2, 0.25) is 0 Å². The molecule has 0 bridgehead atoms. The smallest absolute Gasteiger partial charge is 0.343 e. The van der Waals surface area contributed by atoms with Crippen LogP contribution in [0.1, 0.15) is 10.4 Å². The second kappa shape index (κ2) is 5.75. The van der Waals surface area contributed by atoms with E-state index in [4.69, 9.17) is 9.47 Å². The number of hydrogen-bond donors (Lipinski definition) is 1. The van der Waals surface area contributed by atoms with Crippen molar-refractivity contribution in [3.63, 3.8) is 0 Å². The quantitative estimate of drug-likeness (QED) is 0.683. The molecule has 1 aliphatic rings.